The second-order valence-corrected chi connectivity index (χ2v) is 3.91. The van der Waals surface area contributed by atoms with Gasteiger partial charge in [-0.25, -0.2) is 0 Å². The first-order valence-electron chi connectivity index (χ1n) is 4.41. The third kappa shape index (κ3) is 3.02. The van der Waals surface area contributed by atoms with E-state index in [1.165, 1.54) is 16.4 Å². The maximum Gasteiger partial charge on any atom is 0.254 e. The highest BCUT2D eigenvalue weighted by Gasteiger charge is 2.12. The van der Waals surface area contributed by atoms with Gasteiger partial charge in [0.25, 0.3) is 5.91 Å². The minimum Gasteiger partial charge on any atom is -0.347 e. The number of carbonyl (C=O) groups excluding carboxylic acids is 2. The van der Waals surface area contributed by atoms with Crippen LogP contribution in [-0.4, -0.2) is 41.7 Å². The first-order valence-corrected chi connectivity index (χ1v) is 5.25. The Morgan fingerprint density at radius 2 is 2.20 bits per heavy atom. The highest BCUT2D eigenvalue weighted by molar-refractivity contribution is 7.03. The average Bonchev–Trinajstić information content (AvgIpc) is 2.60. The topological polar surface area (TPSA) is 62.3 Å². The zero-order valence-corrected chi connectivity index (χ0v) is 9.72. The quantitative estimate of drug-likeness (QED) is 0.806. The molecule has 82 valence electrons. The summed E-state index contributed by atoms with van der Waals surface area (Å²) in [7, 11) is 3.29. The van der Waals surface area contributed by atoms with E-state index < -0.39 is 0 Å². The molecule has 0 bridgehead atoms. The van der Waals surface area contributed by atoms with Gasteiger partial charge in [0.15, 0.2) is 0 Å². The molecule has 1 aromatic rings. The molecule has 1 rings (SSSR count). The van der Waals surface area contributed by atoms with Crippen molar-refractivity contribution >= 4 is 23.3 Å². The number of rotatable bonds is 3. The van der Waals surface area contributed by atoms with E-state index in [0.29, 0.717) is 11.3 Å². The molecule has 0 aliphatic carbocycles. The van der Waals surface area contributed by atoms with Gasteiger partial charge in [0.1, 0.15) is 0 Å². The van der Waals surface area contributed by atoms with Crippen LogP contribution in [0.4, 0.5) is 0 Å². The van der Waals surface area contributed by atoms with Crippen molar-refractivity contribution in [2.45, 2.75) is 6.92 Å². The Balaban J connectivity index is 2.51. The Kier molecular flexibility index (Phi) is 3.79. The van der Waals surface area contributed by atoms with Crippen LogP contribution >= 0.6 is 11.5 Å². The summed E-state index contributed by atoms with van der Waals surface area (Å²) >= 11 is 1.23. The molecule has 15 heavy (non-hydrogen) atoms. The number of likely N-dealkylation sites (N-methyl/N-ethyl adjacent to an activating group) is 1. The van der Waals surface area contributed by atoms with Crippen molar-refractivity contribution in [3.63, 3.8) is 0 Å². The van der Waals surface area contributed by atoms with E-state index in [1.807, 2.05) is 0 Å². The van der Waals surface area contributed by atoms with Crippen molar-refractivity contribution in [1.82, 2.24) is 14.6 Å². The van der Waals surface area contributed by atoms with Crippen molar-refractivity contribution in [1.29, 1.82) is 0 Å². The largest absolute Gasteiger partial charge is 0.347 e. The van der Waals surface area contributed by atoms with Gasteiger partial charge in [-0.2, -0.15) is 4.37 Å². The fraction of sp³-hybridized carbons (Fsp3) is 0.444. The van der Waals surface area contributed by atoms with Crippen molar-refractivity contribution in [3.05, 3.63) is 16.6 Å². The first-order chi connectivity index (χ1) is 7.02. The number of aromatic nitrogens is 1. The Bertz CT molecular complexity index is 373. The van der Waals surface area contributed by atoms with E-state index in [9.17, 15) is 9.59 Å². The number of carbonyl (C=O) groups is 2. The van der Waals surface area contributed by atoms with E-state index >= 15 is 0 Å². The van der Waals surface area contributed by atoms with E-state index in [4.69, 9.17) is 0 Å². The second-order valence-electron chi connectivity index (χ2n) is 3.28. The van der Waals surface area contributed by atoms with Gasteiger partial charge in [-0.05, 0) is 18.5 Å². The van der Waals surface area contributed by atoms with Crippen LogP contribution in [-0.2, 0) is 4.79 Å². The lowest BCUT2D eigenvalue weighted by atomic mass is 10.2. The molecule has 2 amide bonds. The normalized spacial score (nSPS) is 9.80. The molecule has 0 aromatic carbocycles. The van der Waals surface area contributed by atoms with Crippen molar-refractivity contribution in [2.24, 2.45) is 0 Å². The molecule has 1 N–H and O–H groups in total. The lowest BCUT2D eigenvalue weighted by molar-refractivity contribution is -0.127. The lowest BCUT2D eigenvalue weighted by Gasteiger charge is -2.10. The molecule has 1 heterocycles. The number of amides is 2. The van der Waals surface area contributed by atoms with E-state index in [1.54, 1.807) is 26.4 Å². The van der Waals surface area contributed by atoms with E-state index in [-0.39, 0.29) is 18.4 Å². The molecular weight excluding hydrogens is 214 g/mol. The molecular formula is C9H13N3O2S. The average molecular weight is 227 g/mol. The zero-order valence-electron chi connectivity index (χ0n) is 8.90. The predicted octanol–water partition coefficient (Wildman–Crippen LogP) is 0.270. The summed E-state index contributed by atoms with van der Waals surface area (Å²) < 4.78 is 3.99. The van der Waals surface area contributed by atoms with Crippen molar-refractivity contribution in [2.75, 3.05) is 20.6 Å². The summed E-state index contributed by atoms with van der Waals surface area (Å²) in [6, 6.07) is 0. The fourth-order valence-electron chi connectivity index (χ4n) is 0.920. The minimum absolute atomic E-state index is 0.0150. The van der Waals surface area contributed by atoms with Crippen LogP contribution in [0, 0.1) is 6.92 Å². The van der Waals surface area contributed by atoms with Gasteiger partial charge < -0.3 is 10.2 Å². The molecule has 0 saturated carbocycles. The van der Waals surface area contributed by atoms with Gasteiger partial charge in [0.05, 0.1) is 17.8 Å². The molecule has 1 aromatic heterocycles. The highest BCUT2D eigenvalue weighted by atomic mass is 32.1. The zero-order chi connectivity index (χ0) is 11.4. The van der Waals surface area contributed by atoms with Gasteiger partial charge in [-0.3, -0.25) is 9.59 Å². The number of hydrogen-bond donors (Lipinski definition) is 1. The summed E-state index contributed by atoms with van der Waals surface area (Å²) in [5.41, 5.74) is 1.22. The minimum atomic E-state index is -0.253. The van der Waals surface area contributed by atoms with Gasteiger partial charge in [-0.15, -0.1) is 0 Å². The third-order valence-electron chi connectivity index (χ3n) is 1.89. The van der Waals surface area contributed by atoms with Crippen LogP contribution in [0.25, 0.3) is 0 Å². The number of hydrogen-bond acceptors (Lipinski definition) is 4. The van der Waals surface area contributed by atoms with Gasteiger partial charge >= 0.3 is 0 Å². The molecule has 0 unspecified atom stereocenters. The van der Waals surface area contributed by atoms with Crippen LogP contribution in [0.3, 0.4) is 0 Å². The maximum atomic E-state index is 11.5. The van der Waals surface area contributed by atoms with Crippen LogP contribution < -0.4 is 5.32 Å². The van der Waals surface area contributed by atoms with Crippen LogP contribution in [0.1, 0.15) is 16.1 Å². The summed E-state index contributed by atoms with van der Waals surface area (Å²) in [6.45, 7) is 1.78. The standard InChI is InChI=1S/C9H13N3O2S/c1-6-7(5-15-11-6)9(14)10-4-8(13)12(2)3/h5H,4H2,1-3H3,(H,10,14). The highest BCUT2D eigenvalue weighted by Crippen LogP contribution is 2.08. The van der Waals surface area contributed by atoms with Crippen LogP contribution in [0.15, 0.2) is 5.38 Å². The summed E-state index contributed by atoms with van der Waals surface area (Å²) in [6.07, 6.45) is 0. The summed E-state index contributed by atoms with van der Waals surface area (Å²) in [4.78, 5) is 24.2. The summed E-state index contributed by atoms with van der Waals surface area (Å²) in [5, 5.41) is 4.21. The molecule has 0 aliphatic heterocycles. The SMILES string of the molecule is Cc1nscc1C(=O)NCC(=O)N(C)C. The van der Waals surface area contributed by atoms with E-state index in [2.05, 4.69) is 9.69 Å². The molecule has 5 nitrogen and oxygen atoms in total. The third-order valence-corrected chi connectivity index (χ3v) is 2.61. The van der Waals surface area contributed by atoms with Crippen LogP contribution in [0.5, 0.6) is 0 Å². The van der Waals surface area contributed by atoms with Crippen molar-refractivity contribution < 1.29 is 9.59 Å². The number of nitrogens with zero attached hydrogens (tertiary/aromatic N) is 2. The fourth-order valence-corrected chi connectivity index (χ4v) is 1.61. The molecule has 0 fully saturated rings. The van der Waals surface area contributed by atoms with Crippen LogP contribution in [0.2, 0.25) is 0 Å². The van der Waals surface area contributed by atoms with Gasteiger partial charge in [0, 0.05) is 19.5 Å². The van der Waals surface area contributed by atoms with E-state index in [0.717, 1.165) is 0 Å². The predicted molar refractivity (Wildman–Crippen MR) is 57.9 cm³/mol. The Morgan fingerprint density at radius 1 is 1.53 bits per heavy atom. The number of nitrogens with one attached hydrogen (secondary N) is 1. The molecule has 0 radical (unpaired) electrons. The molecule has 0 atom stereocenters. The molecule has 6 heteroatoms. The first kappa shape index (κ1) is 11.6. The molecule has 0 spiro atoms. The summed E-state index contributed by atoms with van der Waals surface area (Å²) in [5.74, 6) is -0.388. The Hall–Kier alpha value is -1.43. The Morgan fingerprint density at radius 3 is 2.67 bits per heavy atom. The molecule has 0 aliphatic rings. The monoisotopic (exact) mass is 227 g/mol. The maximum absolute atomic E-state index is 11.5. The molecule has 0 saturated heterocycles. The lowest BCUT2D eigenvalue weighted by Crippen LogP contribution is -2.36. The van der Waals surface area contributed by atoms with Crippen molar-refractivity contribution in [3.8, 4) is 0 Å². The second kappa shape index (κ2) is 4.88. The van der Waals surface area contributed by atoms with Gasteiger partial charge in [0.2, 0.25) is 5.91 Å². The Labute approximate surface area is 92.3 Å². The van der Waals surface area contributed by atoms with Gasteiger partial charge in [-0.1, -0.05) is 0 Å². The smallest absolute Gasteiger partial charge is 0.254 e. The number of aryl methyl sites for hydroxylation is 1.